The third kappa shape index (κ3) is 3.90. The summed E-state index contributed by atoms with van der Waals surface area (Å²) in [5, 5.41) is 15.3. The fourth-order valence-corrected chi connectivity index (χ4v) is 5.53. The first-order valence-electron chi connectivity index (χ1n) is 12.4. The molecule has 0 radical (unpaired) electrons. The van der Waals surface area contributed by atoms with Crippen LogP contribution >= 0.6 is 0 Å². The average Bonchev–Trinajstić information content (AvgIpc) is 3.66. The second-order valence-corrected chi connectivity index (χ2v) is 9.59. The van der Waals surface area contributed by atoms with E-state index >= 15 is 0 Å². The number of benzene rings is 1. The van der Waals surface area contributed by atoms with Gasteiger partial charge in [0.2, 0.25) is 11.9 Å². The zero-order valence-electron chi connectivity index (χ0n) is 19.9. The van der Waals surface area contributed by atoms with Crippen molar-refractivity contribution in [2.24, 2.45) is 0 Å². The quantitative estimate of drug-likeness (QED) is 0.462. The Morgan fingerprint density at radius 1 is 1.03 bits per heavy atom. The highest BCUT2D eigenvalue weighted by atomic mass is 16.2. The van der Waals surface area contributed by atoms with Crippen LogP contribution in [0.25, 0.3) is 5.52 Å². The molecule has 0 atom stereocenters. The predicted molar refractivity (Wildman–Crippen MR) is 135 cm³/mol. The number of fused-ring (bicyclic) bond motifs is 1. The summed E-state index contributed by atoms with van der Waals surface area (Å²) in [6, 6.07) is 16.2. The van der Waals surface area contributed by atoms with Crippen LogP contribution in [0, 0.1) is 6.92 Å². The first-order chi connectivity index (χ1) is 17.1. The van der Waals surface area contributed by atoms with E-state index in [0.29, 0.717) is 43.8 Å². The molecule has 2 N–H and O–H groups in total. The maximum Gasteiger partial charge on any atom is 0.245 e. The molecule has 0 unspecified atom stereocenters. The number of aromatic nitrogens is 5. The molecular formula is C26H30N8O. The number of carbonyl (C=O) groups is 1. The van der Waals surface area contributed by atoms with Crippen molar-refractivity contribution < 1.29 is 4.79 Å². The Kier molecular flexibility index (Phi) is 5.39. The van der Waals surface area contributed by atoms with Gasteiger partial charge in [0.15, 0.2) is 11.6 Å². The molecule has 6 rings (SSSR count). The van der Waals surface area contributed by atoms with Crippen LogP contribution in [0.5, 0.6) is 0 Å². The van der Waals surface area contributed by atoms with Gasteiger partial charge in [-0.05, 0) is 37.5 Å². The fraction of sp³-hybridized carbons (Fsp3) is 0.385. The molecule has 1 amide bonds. The van der Waals surface area contributed by atoms with Gasteiger partial charge in [-0.15, -0.1) is 5.10 Å². The van der Waals surface area contributed by atoms with E-state index in [-0.39, 0.29) is 11.3 Å². The number of hydrogen-bond donors (Lipinski definition) is 2. The molecule has 2 fully saturated rings. The molecule has 180 valence electrons. The number of anilines is 3. The average molecular weight is 471 g/mol. The molecule has 4 aromatic rings. The van der Waals surface area contributed by atoms with Crippen LogP contribution in [-0.4, -0.2) is 61.8 Å². The zero-order valence-corrected chi connectivity index (χ0v) is 19.9. The lowest BCUT2D eigenvalue weighted by Gasteiger charge is -2.40. The monoisotopic (exact) mass is 470 g/mol. The summed E-state index contributed by atoms with van der Waals surface area (Å²) in [7, 11) is 0. The number of aromatic amines is 1. The van der Waals surface area contributed by atoms with Crippen LogP contribution in [0.4, 0.5) is 17.6 Å². The van der Waals surface area contributed by atoms with Crippen molar-refractivity contribution in [1.29, 1.82) is 0 Å². The number of piperazine rings is 1. The molecule has 9 nitrogen and oxygen atoms in total. The van der Waals surface area contributed by atoms with Crippen LogP contribution in [0.2, 0.25) is 0 Å². The highest BCUT2D eigenvalue weighted by Gasteiger charge is 2.45. The highest BCUT2D eigenvalue weighted by Crippen LogP contribution is 2.42. The smallest absolute Gasteiger partial charge is 0.245 e. The van der Waals surface area contributed by atoms with Crippen molar-refractivity contribution in [2.45, 2.75) is 38.0 Å². The van der Waals surface area contributed by atoms with Gasteiger partial charge >= 0.3 is 0 Å². The topological polar surface area (TPSA) is 94.5 Å². The van der Waals surface area contributed by atoms with Crippen molar-refractivity contribution in [3.63, 3.8) is 0 Å². The molecule has 0 bridgehead atoms. The van der Waals surface area contributed by atoms with E-state index in [1.165, 1.54) is 0 Å². The molecule has 2 aliphatic rings. The summed E-state index contributed by atoms with van der Waals surface area (Å²) >= 11 is 0. The fourth-order valence-electron chi connectivity index (χ4n) is 5.53. The summed E-state index contributed by atoms with van der Waals surface area (Å²) < 4.78 is 1.84. The lowest BCUT2D eigenvalue weighted by molar-refractivity contribution is -0.137. The molecule has 0 spiro atoms. The second kappa shape index (κ2) is 8.72. The van der Waals surface area contributed by atoms with Crippen molar-refractivity contribution >= 4 is 29.0 Å². The number of aryl methyl sites for hydroxylation is 1. The molecule has 1 saturated heterocycles. The van der Waals surface area contributed by atoms with Gasteiger partial charge in [0, 0.05) is 44.1 Å². The number of amides is 1. The first kappa shape index (κ1) is 21.6. The zero-order chi connectivity index (χ0) is 23.8. The minimum Gasteiger partial charge on any atom is -0.338 e. The maximum atomic E-state index is 13.8. The van der Waals surface area contributed by atoms with E-state index < -0.39 is 0 Å². The third-order valence-corrected chi connectivity index (χ3v) is 7.37. The summed E-state index contributed by atoms with van der Waals surface area (Å²) in [6.07, 6.45) is 6.01. The van der Waals surface area contributed by atoms with E-state index in [0.717, 1.165) is 42.5 Å². The van der Waals surface area contributed by atoms with Crippen LogP contribution in [0.3, 0.4) is 0 Å². The second-order valence-electron chi connectivity index (χ2n) is 9.59. The van der Waals surface area contributed by atoms with Crippen molar-refractivity contribution in [3.8, 4) is 0 Å². The summed E-state index contributed by atoms with van der Waals surface area (Å²) in [6.45, 7) is 4.70. The Morgan fingerprint density at radius 2 is 1.80 bits per heavy atom. The summed E-state index contributed by atoms with van der Waals surface area (Å²) in [5.74, 6) is 2.35. The number of H-pyrrole nitrogens is 1. The van der Waals surface area contributed by atoms with E-state index in [9.17, 15) is 4.79 Å². The highest BCUT2D eigenvalue weighted by molar-refractivity contribution is 5.89. The van der Waals surface area contributed by atoms with Gasteiger partial charge < -0.3 is 15.1 Å². The number of nitrogens with zero attached hydrogens (tertiary/aromatic N) is 6. The minimum atomic E-state index is -0.372. The van der Waals surface area contributed by atoms with Crippen molar-refractivity contribution in [3.05, 3.63) is 66.0 Å². The lowest BCUT2D eigenvalue weighted by atomic mass is 9.77. The molecule has 1 aliphatic heterocycles. The Morgan fingerprint density at radius 3 is 2.51 bits per heavy atom. The number of hydrogen-bond acceptors (Lipinski definition) is 6. The molecular weight excluding hydrogens is 440 g/mol. The summed E-state index contributed by atoms with van der Waals surface area (Å²) in [4.78, 5) is 22.9. The SMILES string of the molecule is Cc1cc(Nc2nc(N3CCN(C(=O)C4(c5ccccc5)CCCC4)CC3)nn3cccc23)n[nH]1. The Labute approximate surface area is 204 Å². The van der Waals surface area contributed by atoms with Crippen LogP contribution in [-0.2, 0) is 10.2 Å². The van der Waals surface area contributed by atoms with E-state index in [1.54, 1.807) is 0 Å². The van der Waals surface area contributed by atoms with Crippen LogP contribution < -0.4 is 10.2 Å². The molecule has 1 aliphatic carbocycles. The summed E-state index contributed by atoms with van der Waals surface area (Å²) in [5.41, 5.74) is 2.65. The van der Waals surface area contributed by atoms with Gasteiger partial charge in [-0.1, -0.05) is 43.2 Å². The molecule has 1 aromatic carbocycles. The largest absolute Gasteiger partial charge is 0.338 e. The van der Waals surface area contributed by atoms with E-state index in [2.05, 4.69) is 37.4 Å². The molecule has 35 heavy (non-hydrogen) atoms. The van der Waals surface area contributed by atoms with Gasteiger partial charge in [0.05, 0.1) is 5.41 Å². The standard InChI is InChI=1S/C26H30N8O/c1-19-18-22(30-29-19)27-23-21-10-7-13-34(21)31-25(28-23)33-16-14-32(15-17-33)24(35)26(11-5-6-12-26)20-8-3-2-4-9-20/h2-4,7-10,13,18H,5-6,11-12,14-17H2,1H3,(H2,27,28,29,30,31). The predicted octanol–water partition coefficient (Wildman–Crippen LogP) is 3.67. The van der Waals surface area contributed by atoms with Gasteiger partial charge in [-0.3, -0.25) is 9.89 Å². The number of nitrogens with one attached hydrogen (secondary N) is 2. The van der Waals surface area contributed by atoms with Crippen molar-refractivity contribution in [2.75, 3.05) is 36.4 Å². The Bertz CT molecular complexity index is 1330. The van der Waals surface area contributed by atoms with Gasteiger partial charge in [-0.25, -0.2) is 4.52 Å². The van der Waals surface area contributed by atoms with Gasteiger partial charge in [0.25, 0.3) is 0 Å². The van der Waals surface area contributed by atoms with E-state index in [1.807, 2.05) is 54.0 Å². The van der Waals surface area contributed by atoms with Crippen molar-refractivity contribution in [1.82, 2.24) is 29.7 Å². The Hall–Kier alpha value is -3.88. The number of rotatable bonds is 5. The van der Waals surface area contributed by atoms with Gasteiger partial charge in [0.1, 0.15) is 5.52 Å². The van der Waals surface area contributed by atoms with Crippen LogP contribution in [0.15, 0.2) is 54.7 Å². The molecule has 1 saturated carbocycles. The van der Waals surface area contributed by atoms with Crippen LogP contribution in [0.1, 0.15) is 36.9 Å². The van der Waals surface area contributed by atoms with E-state index in [4.69, 9.17) is 10.1 Å². The maximum absolute atomic E-state index is 13.8. The normalized spacial score (nSPS) is 17.7. The molecule has 9 heteroatoms. The molecule has 4 heterocycles. The minimum absolute atomic E-state index is 0.277. The lowest BCUT2D eigenvalue weighted by Crippen LogP contribution is -2.54. The number of carbonyl (C=O) groups excluding carboxylic acids is 1. The molecule has 3 aromatic heterocycles. The third-order valence-electron chi connectivity index (χ3n) is 7.37. The van der Waals surface area contributed by atoms with Gasteiger partial charge in [-0.2, -0.15) is 10.1 Å². The Balaban J connectivity index is 1.21. The first-order valence-corrected chi connectivity index (χ1v) is 12.4.